The molecular weight excluding hydrogens is 953 g/mol. The molecule has 5 aliphatic rings. The van der Waals surface area contributed by atoms with Crippen LogP contribution in [0.25, 0.3) is 0 Å². The van der Waals surface area contributed by atoms with E-state index in [1.807, 2.05) is 35.1 Å². The van der Waals surface area contributed by atoms with Gasteiger partial charge in [0.05, 0.1) is 29.7 Å². The highest BCUT2D eigenvalue weighted by atomic mass is 32.2. The number of nitrogens with one attached hydrogen (secondary N) is 2. The molecule has 3 aliphatic carbocycles. The number of carbonyl (C=O) groups is 1. The Balaban J connectivity index is 0.918. The van der Waals surface area contributed by atoms with Crippen LogP contribution in [0.3, 0.4) is 0 Å². The maximum atomic E-state index is 14.2. The molecule has 0 aromatic heterocycles. The first-order valence-electron chi connectivity index (χ1n) is 23.2. The number of sulfonamides is 1. The van der Waals surface area contributed by atoms with Gasteiger partial charge in [-0.15, -0.1) is 11.8 Å². The third kappa shape index (κ3) is 11.8. The number of alkyl halides is 6. The Morgan fingerprint density at radius 1 is 0.853 bits per heavy atom. The van der Waals surface area contributed by atoms with Crippen LogP contribution < -0.4 is 14.9 Å². The monoisotopic (exact) mass is 1010 g/mol. The van der Waals surface area contributed by atoms with E-state index in [2.05, 4.69) is 33.9 Å². The number of morpholine rings is 1. The van der Waals surface area contributed by atoms with E-state index in [-0.39, 0.29) is 35.2 Å². The van der Waals surface area contributed by atoms with Crippen LogP contribution >= 0.6 is 11.8 Å². The number of rotatable bonds is 16. The third-order valence-corrected chi connectivity index (χ3v) is 18.4. The number of hydrogen-bond acceptors (Lipinski definition) is 11. The van der Waals surface area contributed by atoms with Crippen LogP contribution in [-0.4, -0.2) is 122 Å². The zero-order chi connectivity index (χ0) is 48.6. The van der Waals surface area contributed by atoms with Crippen molar-refractivity contribution >= 4 is 48.9 Å². The minimum atomic E-state index is -6.08. The Bertz CT molecular complexity index is 2530. The molecule has 2 saturated carbocycles. The molecule has 372 valence electrons. The highest BCUT2D eigenvalue weighted by Crippen LogP contribution is 2.65. The minimum Gasteiger partial charge on any atom is -0.380 e. The van der Waals surface area contributed by atoms with Crippen LogP contribution in [0.2, 0.25) is 0 Å². The Morgan fingerprint density at radius 2 is 1.54 bits per heavy atom. The van der Waals surface area contributed by atoms with Crippen LogP contribution in [0.15, 0.2) is 98.6 Å². The summed E-state index contributed by atoms with van der Waals surface area (Å²) in [6.45, 7) is 10.8. The predicted molar refractivity (Wildman–Crippen MR) is 250 cm³/mol. The van der Waals surface area contributed by atoms with E-state index < -0.39 is 64.9 Å². The van der Waals surface area contributed by atoms with E-state index >= 15 is 0 Å². The van der Waals surface area contributed by atoms with Gasteiger partial charge in [0.15, 0.2) is 0 Å². The van der Waals surface area contributed by atoms with Gasteiger partial charge in [0.1, 0.15) is 4.90 Å². The molecule has 2 unspecified atom stereocenters. The standard InChI is InChI=1S/C48H59F6N5O6S3/c1-46(2)16-14-38(40-28-42(47(49,50)51)41-27-39(40)41)33(29-46)30-58-18-20-59(21-19-58)35-10-8-32(9-11-35)45(60)56-68(63,64)37-12-13-43(44(26-37)67(61,62)48(52,53)54)55-34(15-17-57-22-24-65-25-23-57)31-66-36-6-4-3-5-7-36/h3-13,26,34,39-42,55H,14-25,27-31H2,1-2H3,(H,56,60)/t34-,39?,40+,41?,42+/m1/s1. The SMILES string of the molecule is CC1(C)CCC([C@@H]2C[C@H](C(F)(F)F)C3CC32)=C(CN2CCN(c3ccc(C(=O)NS(=O)(=O)c4ccc(N[C@H](CCN5CCOCC5)CSc5ccccc5)c(S(=O)(=O)C(F)(F)F)c4)cc3)CC2)C1. The second-order valence-corrected chi connectivity index (χ2v) is 24.3. The molecule has 1 amide bonds. The van der Waals surface area contributed by atoms with E-state index in [0.29, 0.717) is 83.7 Å². The number of piperazine rings is 1. The van der Waals surface area contributed by atoms with Gasteiger partial charge in [0, 0.05) is 80.3 Å². The van der Waals surface area contributed by atoms with Crippen molar-refractivity contribution in [3.63, 3.8) is 0 Å². The van der Waals surface area contributed by atoms with Gasteiger partial charge in [-0.25, -0.2) is 21.6 Å². The van der Waals surface area contributed by atoms with Crippen LogP contribution in [0, 0.1) is 29.1 Å². The van der Waals surface area contributed by atoms with Gasteiger partial charge in [-0.05, 0) is 116 Å². The van der Waals surface area contributed by atoms with Crippen LogP contribution in [0.5, 0.6) is 0 Å². The number of hydrogen-bond donors (Lipinski definition) is 2. The predicted octanol–water partition coefficient (Wildman–Crippen LogP) is 8.86. The molecule has 20 heteroatoms. The van der Waals surface area contributed by atoms with Gasteiger partial charge in [-0.3, -0.25) is 14.6 Å². The molecule has 2 N–H and O–H groups in total. The Kier molecular flexibility index (Phi) is 15.0. The average Bonchev–Trinajstić information content (AvgIpc) is 3.98. The first-order chi connectivity index (χ1) is 32.1. The van der Waals surface area contributed by atoms with Crippen molar-refractivity contribution in [2.75, 3.05) is 81.5 Å². The zero-order valence-electron chi connectivity index (χ0n) is 38.1. The smallest absolute Gasteiger partial charge is 0.380 e. The highest BCUT2D eigenvalue weighted by Gasteiger charge is 2.63. The molecule has 3 aromatic carbocycles. The fraction of sp³-hybridized carbons (Fsp3) is 0.562. The number of fused-ring (bicyclic) bond motifs is 1. The Morgan fingerprint density at radius 3 is 2.19 bits per heavy atom. The quantitative estimate of drug-likeness (QED) is 0.0812. The van der Waals surface area contributed by atoms with Gasteiger partial charge in [-0.2, -0.15) is 26.3 Å². The lowest BCUT2D eigenvalue weighted by molar-refractivity contribution is -0.179. The zero-order valence-corrected chi connectivity index (χ0v) is 40.6. The number of sulfone groups is 1. The van der Waals surface area contributed by atoms with Gasteiger partial charge < -0.3 is 15.0 Å². The fourth-order valence-corrected chi connectivity index (χ4v) is 13.5. The van der Waals surface area contributed by atoms with Crippen LogP contribution in [0.1, 0.15) is 62.7 Å². The average molecular weight is 1010 g/mol. The molecule has 0 spiro atoms. The molecule has 5 atom stereocenters. The summed E-state index contributed by atoms with van der Waals surface area (Å²) in [5.74, 6) is -1.99. The lowest BCUT2D eigenvalue weighted by Crippen LogP contribution is -2.47. The number of anilines is 2. The number of carbonyl (C=O) groups excluding carboxylic acids is 1. The van der Waals surface area contributed by atoms with Crippen molar-refractivity contribution < 1.29 is 52.7 Å². The Labute approximate surface area is 399 Å². The number of thioether (sulfide) groups is 1. The second-order valence-electron chi connectivity index (χ2n) is 19.6. The van der Waals surface area contributed by atoms with Crippen molar-refractivity contribution in [2.45, 2.75) is 84.8 Å². The number of allylic oxidation sites excluding steroid dienone is 1. The van der Waals surface area contributed by atoms with Crippen molar-refractivity contribution in [3.05, 3.63) is 89.5 Å². The van der Waals surface area contributed by atoms with E-state index in [9.17, 15) is 48.0 Å². The van der Waals surface area contributed by atoms with Gasteiger partial charge in [0.25, 0.3) is 25.8 Å². The summed E-state index contributed by atoms with van der Waals surface area (Å²) in [4.78, 5) is 18.7. The summed E-state index contributed by atoms with van der Waals surface area (Å²) in [6, 6.07) is 17.4. The van der Waals surface area contributed by atoms with Crippen molar-refractivity contribution in [2.24, 2.45) is 29.1 Å². The van der Waals surface area contributed by atoms with Gasteiger partial charge in [0.2, 0.25) is 0 Å². The molecule has 68 heavy (non-hydrogen) atoms. The fourth-order valence-electron chi connectivity index (χ4n) is 10.5. The minimum absolute atomic E-state index is 0.0135. The van der Waals surface area contributed by atoms with E-state index in [0.717, 1.165) is 48.5 Å². The van der Waals surface area contributed by atoms with Crippen LogP contribution in [0.4, 0.5) is 37.7 Å². The highest BCUT2D eigenvalue weighted by molar-refractivity contribution is 7.99. The molecule has 2 saturated heterocycles. The maximum Gasteiger partial charge on any atom is 0.501 e. The lowest BCUT2D eigenvalue weighted by Gasteiger charge is -2.41. The third-order valence-electron chi connectivity index (χ3n) is 14.3. The summed E-state index contributed by atoms with van der Waals surface area (Å²) >= 11 is 1.43. The number of benzene rings is 3. The number of halogens is 6. The van der Waals surface area contributed by atoms with Gasteiger partial charge >= 0.3 is 11.7 Å². The lowest BCUT2D eigenvalue weighted by atomic mass is 9.70. The number of amides is 1. The summed E-state index contributed by atoms with van der Waals surface area (Å²) < 4.78 is 145. The molecule has 2 heterocycles. The first kappa shape index (κ1) is 50.6. The number of nitrogens with zero attached hydrogens (tertiary/aromatic N) is 3. The summed E-state index contributed by atoms with van der Waals surface area (Å²) in [5.41, 5.74) is -2.82. The number of ether oxygens (including phenoxy) is 1. The molecule has 11 nitrogen and oxygen atoms in total. The summed E-state index contributed by atoms with van der Waals surface area (Å²) in [5, 5.41) is 2.98. The van der Waals surface area contributed by atoms with E-state index in [1.165, 1.54) is 35.0 Å². The van der Waals surface area contributed by atoms with E-state index in [4.69, 9.17) is 4.74 Å². The largest absolute Gasteiger partial charge is 0.501 e. The topological polar surface area (TPSA) is 128 Å². The van der Waals surface area contributed by atoms with Crippen molar-refractivity contribution in [3.8, 4) is 0 Å². The van der Waals surface area contributed by atoms with Gasteiger partial charge in [-0.1, -0.05) is 43.2 Å². The first-order valence-corrected chi connectivity index (χ1v) is 27.2. The van der Waals surface area contributed by atoms with Crippen molar-refractivity contribution in [1.82, 2.24) is 14.5 Å². The molecule has 8 rings (SSSR count). The van der Waals surface area contributed by atoms with Crippen molar-refractivity contribution in [1.29, 1.82) is 0 Å². The summed E-state index contributed by atoms with van der Waals surface area (Å²) in [7, 11) is -11.0. The van der Waals surface area contributed by atoms with E-state index in [1.54, 1.807) is 12.1 Å². The maximum absolute atomic E-state index is 14.2. The molecule has 0 radical (unpaired) electrons. The van der Waals surface area contributed by atoms with Crippen LogP contribution in [-0.2, 0) is 24.6 Å². The molecule has 3 aromatic rings. The molecule has 0 bridgehead atoms. The molecule has 2 aliphatic heterocycles. The normalized spacial score (nSPS) is 24.4. The summed E-state index contributed by atoms with van der Waals surface area (Å²) in [6.07, 6.45) is -0.171. The Hall–Kier alpha value is -3.82. The molecular formula is C48H59F6N5O6S3. The molecule has 4 fully saturated rings. The second kappa shape index (κ2) is 20.1.